The third-order valence-electron chi connectivity index (χ3n) is 3.44. The summed E-state index contributed by atoms with van der Waals surface area (Å²) in [6.45, 7) is 2.52. The van der Waals surface area contributed by atoms with Crippen molar-refractivity contribution in [3.63, 3.8) is 0 Å². The Balaban J connectivity index is 1.62. The van der Waals surface area contributed by atoms with E-state index in [1.807, 2.05) is 18.2 Å². The highest BCUT2D eigenvalue weighted by Gasteiger charge is 2.16. The van der Waals surface area contributed by atoms with Crippen molar-refractivity contribution in [2.45, 2.75) is 19.4 Å². The van der Waals surface area contributed by atoms with Gasteiger partial charge in [-0.2, -0.15) is 0 Å². The van der Waals surface area contributed by atoms with Gasteiger partial charge in [-0.15, -0.1) is 0 Å². The summed E-state index contributed by atoms with van der Waals surface area (Å²) in [5.74, 6) is 1.24. The van der Waals surface area contributed by atoms with Crippen molar-refractivity contribution in [2.75, 3.05) is 17.2 Å². The molecule has 6 heteroatoms. The van der Waals surface area contributed by atoms with Gasteiger partial charge in [0, 0.05) is 18.3 Å². The number of nitrogens with zero attached hydrogens (tertiary/aromatic N) is 1. The summed E-state index contributed by atoms with van der Waals surface area (Å²) in [6.07, 6.45) is 2.40. The second-order valence-electron chi connectivity index (χ2n) is 5.14. The molecule has 0 radical (unpaired) electrons. The SMILES string of the molecule is C[C@H](Nc1ccc2c(c1)CCO2)C(=O)Nc1ccc(Cl)cn1. The Morgan fingerprint density at radius 1 is 1.36 bits per heavy atom. The number of rotatable bonds is 4. The Morgan fingerprint density at radius 2 is 2.23 bits per heavy atom. The van der Waals surface area contributed by atoms with Crippen LogP contribution in [-0.4, -0.2) is 23.5 Å². The number of fused-ring (bicyclic) bond motifs is 1. The molecule has 0 bridgehead atoms. The molecule has 0 fully saturated rings. The first-order valence-corrected chi connectivity index (χ1v) is 7.44. The summed E-state index contributed by atoms with van der Waals surface area (Å²) >= 11 is 5.77. The molecule has 114 valence electrons. The van der Waals surface area contributed by atoms with Crippen molar-refractivity contribution in [1.82, 2.24) is 4.98 Å². The van der Waals surface area contributed by atoms with E-state index in [9.17, 15) is 4.79 Å². The maximum Gasteiger partial charge on any atom is 0.247 e. The molecule has 1 aliphatic heterocycles. The number of hydrogen-bond acceptors (Lipinski definition) is 4. The average Bonchev–Trinajstić information content (AvgIpc) is 2.97. The van der Waals surface area contributed by atoms with E-state index >= 15 is 0 Å². The van der Waals surface area contributed by atoms with Gasteiger partial charge in [0.25, 0.3) is 0 Å². The van der Waals surface area contributed by atoms with E-state index in [0.29, 0.717) is 10.8 Å². The molecule has 0 unspecified atom stereocenters. The molecule has 2 heterocycles. The van der Waals surface area contributed by atoms with Gasteiger partial charge in [0.1, 0.15) is 17.6 Å². The van der Waals surface area contributed by atoms with Crippen LogP contribution in [0.25, 0.3) is 0 Å². The molecule has 1 atom stereocenters. The summed E-state index contributed by atoms with van der Waals surface area (Å²) in [6, 6.07) is 8.82. The number of halogens is 1. The van der Waals surface area contributed by atoms with Gasteiger partial charge in [-0.25, -0.2) is 4.98 Å². The molecule has 22 heavy (non-hydrogen) atoms. The highest BCUT2D eigenvalue weighted by atomic mass is 35.5. The summed E-state index contributed by atoms with van der Waals surface area (Å²) in [4.78, 5) is 16.2. The normalized spacial score (nSPS) is 13.9. The maximum absolute atomic E-state index is 12.2. The number of pyridine rings is 1. The Hall–Kier alpha value is -2.27. The zero-order valence-corrected chi connectivity index (χ0v) is 12.9. The third kappa shape index (κ3) is 3.31. The van der Waals surface area contributed by atoms with E-state index in [-0.39, 0.29) is 5.91 Å². The van der Waals surface area contributed by atoms with Crippen molar-refractivity contribution in [3.05, 3.63) is 47.1 Å². The van der Waals surface area contributed by atoms with E-state index in [2.05, 4.69) is 15.6 Å². The second-order valence-corrected chi connectivity index (χ2v) is 5.57. The highest BCUT2D eigenvalue weighted by Crippen LogP contribution is 2.28. The Kier molecular flexibility index (Phi) is 4.15. The molecule has 0 saturated carbocycles. The standard InChI is InChI=1S/C16H16ClN3O2/c1-10(16(21)20-15-5-2-12(17)9-18-15)19-13-3-4-14-11(8-13)6-7-22-14/h2-5,8-10,19H,6-7H2,1H3,(H,18,20,21)/t10-/m0/s1. The fourth-order valence-corrected chi connectivity index (χ4v) is 2.39. The van der Waals surface area contributed by atoms with Gasteiger partial charge in [-0.1, -0.05) is 11.6 Å². The van der Waals surface area contributed by atoms with Crippen LogP contribution in [0.5, 0.6) is 5.75 Å². The topological polar surface area (TPSA) is 63.2 Å². The van der Waals surface area contributed by atoms with Crippen LogP contribution in [0.3, 0.4) is 0 Å². The number of anilines is 2. The number of carbonyl (C=O) groups is 1. The number of hydrogen-bond donors (Lipinski definition) is 2. The molecular formula is C16H16ClN3O2. The Labute approximate surface area is 133 Å². The van der Waals surface area contributed by atoms with Crippen molar-refractivity contribution >= 4 is 29.0 Å². The second kappa shape index (κ2) is 6.23. The number of amides is 1. The number of carbonyl (C=O) groups excluding carboxylic acids is 1. The van der Waals surface area contributed by atoms with Crippen LogP contribution in [0, 0.1) is 0 Å². The average molecular weight is 318 g/mol. The van der Waals surface area contributed by atoms with Gasteiger partial charge < -0.3 is 15.4 Å². The summed E-state index contributed by atoms with van der Waals surface area (Å²) in [7, 11) is 0. The molecule has 3 rings (SSSR count). The lowest BCUT2D eigenvalue weighted by Crippen LogP contribution is -2.32. The monoisotopic (exact) mass is 317 g/mol. The van der Waals surface area contributed by atoms with Crippen LogP contribution in [-0.2, 0) is 11.2 Å². The molecule has 1 amide bonds. The van der Waals surface area contributed by atoms with Crippen molar-refractivity contribution < 1.29 is 9.53 Å². The molecule has 1 aliphatic rings. The first kappa shape index (κ1) is 14.7. The van der Waals surface area contributed by atoms with Gasteiger partial charge in [-0.05, 0) is 42.8 Å². The number of benzene rings is 1. The molecule has 1 aromatic heterocycles. The molecule has 5 nitrogen and oxygen atoms in total. The van der Waals surface area contributed by atoms with E-state index in [4.69, 9.17) is 16.3 Å². The van der Waals surface area contributed by atoms with Crippen LogP contribution in [0.4, 0.5) is 11.5 Å². The van der Waals surface area contributed by atoms with Crippen molar-refractivity contribution in [2.24, 2.45) is 0 Å². The minimum Gasteiger partial charge on any atom is -0.493 e. The van der Waals surface area contributed by atoms with Crippen LogP contribution in [0.15, 0.2) is 36.5 Å². The lowest BCUT2D eigenvalue weighted by molar-refractivity contribution is -0.116. The predicted octanol–water partition coefficient (Wildman–Crippen LogP) is 3.11. The minimum absolute atomic E-state index is 0.161. The van der Waals surface area contributed by atoms with Crippen LogP contribution >= 0.6 is 11.6 Å². The van der Waals surface area contributed by atoms with Crippen LogP contribution in [0.1, 0.15) is 12.5 Å². The zero-order chi connectivity index (χ0) is 15.5. The zero-order valence-electron chi connectivity index (χ0n) is 12.1. The fourth-order valence-electron chi connectivity index (χ4n) is 2.28. The summed E-state index contributed by atoms with van der Waals surface area (Å²) < 4.78 is 5.47. The fraction of sp³-hybridized carbons (Fsp3) is 0.250. The Bertz CT molecular complexity index is 688. The lowest BCUT2D eigenvalue weighted by Gasteiger charge is -2.15. The van der Waals surface area contributed by atoms with Gasteiger partial charge >= 0.3 is 0 Å². The molecule has 0 spiro atoms. The molecule has 2 aromatic rings. The lowest BCUT2D eigenvalue weighted by atomic mass is 10.1. The van der Waals surface area contributed by atoms with E-state index < -0.39 is 6.04 Å². The van der Waals surface area contributed by atoms with E-state index in [1.165, 1.54) is 6.20 Å². The number of ether oxygens (including phenoxy) is 1. The van der Waals surface area contributed by atoms with Gasteiger partial charge in [0.15, 0.2) is 0 Å². The molecule has 2 N–H and O–H groups in total. The van der Waals surface area contributed by atoms with Crippen molar-refractivity contribution in [1.29, 1.82) is 0 Å². The molecule has 0 aliphatic carbocycles. The maximum atomic E-state index is 12.2. The molecule has 0 saturated heterocycles. The largest absolute Gasteiger partial charge is 0.493 e. The number of aromatic nitrogens is 1. The molecular weight excluding hydrogens is 302 g/mol. The third-order valence-corrected chi connectivity index (χ3v) is 3.67. The van der Waals surface area contributed by atoms with Gasteiger partial charge in [0.2, 0.25) is 5.91 Å². The van der Waals surface area contributed by atoms with Crippen LogP contribution < -0.4 is 15.4 Å². The number of nitrogens with one attached hydrogen (secondary N) is 2. The van der Waals surface area contributed by atoms with Crippen molar-refractivity contribution in [3.8, 4) is 5.75 Å². The quantitative estimate of drug-likeness (QED) is 0.909. The predicted molar refractivity (Wildman–Crippen MR) is 86.6 cm³/mol. The van der Waals surface area contributed by atoms with E-state index in [0.717, 1.165) is 30.0 Å². The first-order chi connectivity index (χ1) is 10.6. The molecule has 1 aromatic carbocycles. The summed E-state index contributed by atoms with van der Waals surface area (Å²) in [5, 5.41) is 6.46. The Morgan fingerprint density at radius 3 is 3.00 bits per heavy atom. The van der Waals surface area contributed by atoms with Crippen LogP contribution in [0.2, 0.25) is 5.02 Å². The van der Waals surface area contributed by atoms with Gasteiger partial charge in [-0.3, -0.25) is 4.79 Å². The van der Waals surface area contributed by atoms with Gasteiger partial charge in [0.05, 0.1) is 11.6 Å². The first-order valence-electron chi connectivity index (χ1n) is 7.06. The smallest absolute Gasteiger partial charge is 0.247 e. The van der Waals surface area contributed by atoms with E-state index in [1.54, 1.807) is 19.1 Å². The summed E-state index contributed by atoms with van der Waals surface area (Å²) in [5.41, 5.74) is 2.06. The minimum atomic E-state index is -0.391. The highest BCUT2D eigenvalue weighted by molar-refractivity contribution is 6.30.